The van der Waals surface area contributed by atoms with Crippen molar-refractivity contribution in [3.63, 3.8) is 0 Å². The summed E-state index contributed by atoms with van der Waals surface area (Å²) < 4.78 is 5.53. The van der Waals surface area contributed by atoms with E-state index in [-0.39, 0.29) is 12.4 Å². The van der Waals surface area contributed by atoms with Crippen molar-refractivity contribution in [2.45, 2.75) is 12.6 Å². The minimum absolute atomic E-state index is 0. The Balaban J connectivity index is 0.00000176. The predicted octanol–water partition coefficient (Wildman–Crippen LogP) is 2.66. The zero-order valence-corrected chi connectivity index (χ0v) is 13.6. The standard InChI is InChI=1S/C17H21N3O.ClH/c1-21-17-7-3-2-6-15(17)16-12-19-9-10-20(16)13-14-5-4-8-18-11-14;/h2-8,11,16,19H,9-10,12-13H2,1H3;1H. The third-order valence-corrected chi connectivity index (χ3v) is 3.96. The van der Waals surface area contributed by atoms with Gasteiger partial charge < -0.3 is 10.1 Å². The number of pyridine rings is 1. The number of hydrogen-bond acceptors (Lipinski definition) is 4. The quantitative estimate of drug-likeness (QED) is 0.940. The van der Waals surface area contributed by atoms with E-state index in [1.54, 1.807) is 7.11 Å². The van der Waals surface area contributed by atoms with Gasteiger partial charge in [0.05, 0.1) is 13.2 Å². The fourth-order valence-corrected chi connectivity index (χ4v) is 2.91. The molecule has 118 valence electrons. The molecule has 22 heavy (non-hydrogen) atoms. The molecule has 1 fully saturated rings. The van der Waals surface area contributed by atoms with Crippen molar-refractivity contribution in [1.29, 1.82) is 0 Å². The van der Waals surface area contributed by atoms with Crippen molar-refractivity contribution in [3.8, 4) is 5.75 Å². The van der Waals surface area contributed by atoms with Crippen molar-refractivity contribution in [2.75, 3.05) is 26.7 Å². The Labute approximate surface area is 137 Å². The first-order chi connectivity index (χ1) is 10.4. The zero-order valence-electron chi connectivity index (χ0n) is 12.7. The molecule has 1 aliphatic heterocycles. The molecule has 0 bridgehead atoms. The van der Waals surface area contributed by atoms with Gasteiger partial charge in [-0.15, -0.1) is 12.4 Å². The van der Waals surface area contributed by atoms with Crippen LogP contribution < -0.4 is 10.1 Å². The van der Waals surface area contributed by atoms with Gasteiger partial charge in [0.25, 0.3) is 0 Å². The van der Waals surface area contributed by atoms with E-state index in [0.717, 1.165) is 31.9 Å². The first-order valence-electron chi connectivity index (χ1n) is 7.35. The molecule has 3 rings (SSSR count). The summed E-state index contributed by atoms with van der Waals surface area (Å²) in [4.78, 5) is 6.71. The average Bonchev–Trinajstić information content (AvgIpc) is 2.56. The van der Waals surface area contributed by atoms with E-state index >= 15 is 0 Å². The van der Waals surface area contributed by atoms with Gasteiger partial charge in [-0.2, -0.15) is 0 Å². The lowest BCUT2D eigenvalue weighted by molar-refractivity contribution is 0.151. The van der Waals surface area contributed by atoms with Gasteiger partial charge in [0.15, 0.2) is 0 Å². The van der Waals surface area contributed by atoms with E-state index in [0.29, 0.717) is 6.04 Å². The van der Waals surface area contributed by atoms with Gasteiger partial charge in [0.2, 0.25) is 0 Å². The number of nitrogens with one attached hydrogen (secondary N) is 1. The molecule has 0 amide bonds. The maximum absolute atomic E-state index is 5.53. The molecular weight excluding hydrogens is 298 g/mol. The summed E-state index contributed by atoms with van der Waals surface area (Å²) in [6.07, 6.45) is 3.76. The minimum Gasteiger partial charge on any atom is -0.496 e. The van der Waals surface area contributed by atoms with Crippen LogP contribution in [-0.2, 0) is 6.54 Å². The highest BCUT2D eigenvalue weighted by Gasteiger charge is 2.26. The molecule has 0 aliphatic carbocycles. The van der Waals surface area contributed by atoms with Crippen molar-refractivity contribution in [2.24, 2.45) is 0 Å². The lowest BCUT2D eigenvalue weighted by Gasteiger charge is -2.37. The number of halogens is 1. The van der Waals surface area contributed by atoms with Crippen LogP contribution in [-0.4, -0.2) is 36.6 Å². The second-order valence-corrected chi connectivity index (χ2v) is 5.29. The lowest BCUT2D eigenvalue weighted by atomic mass is 10.0. The van der Waals surface area contributed by atoms with Gasteiger partial charge in [0, 0.05) is 44.1 Å². The Kier molecular flexibility index (Phi) is 6.19. The molecule has 0 spiro atoms. The number of methoxy groups -OCH3 is 1. The summed E-state index contributed by atoms with van der Waals surface area (Å²) in [5.41, 5.74) is 2.50. The number of ether oxygens (including phenoxy) is 1. The van der Waals surface area contributed by atoms with Gasteiger partial charge in [-0.25, -0.2) is 0 Å². The van der Waals surface area contributed by atoms with E-state index in [4.69, 9.17) is 4.74 Å². The SMILES string of the molecule is COc1ccccc1C1CNCCN1Cc1cccnc1.Cl. The number of rotatable bonds is 4. The summed E-state index contributed by atoms with van der Waals surface area (Å²) in [6.45, 7) is 3.91. The smallest absolute Gasteiger partial charge is 0.123 e. The maximum Gasteiger partial charge on any atom is 0.123 e. The van der Waals surface area contributed by atoms with Crippen molar-refractivity contribution in [1.82, 2.24) is 15.2 Å². The molecule has 2 heterocycles. The highest BCUT2D eigenvalue weighted by atomic mass is 35.5. The van der Waals surface area contributed by atoms with Gasteiger partial charge in [-0.1, -0.05) is 24.3 Å². The summed E-state index contributed by atoms with van der Waals surface area (Å²) in [5.74, 6) is 0.961. The largest absolute Gasteiger partial charge is 0.496 e. The molecule has 1 saturated heterocycles. The van der Waals surface area contributed by atoms with Crippen LogP contribution in [0.4, 0.5) is 0 Å². The lowest BCUT2D eigenvalue weighted by Crippen LogP contribution is -2.45. The van der Waals surface area contributed by atoms with Gasteiger partial charge >= 0.3 is 0 Å². The van der Waals surface area contributed by atoms with Crippen LogP contribution in [0.15, 0.2) is 48.8 Å². The predicted molar refractivity (Wildman–Crippen MR) is 90.5 cm³/mol. The average molecular weight is 320 g/mol. The van der Waals surface area contributed by atoms with Gasteiger partial charge in [-0.05, 0) is 17.7 Å². The van der Waals surface area contributed by atoms with Gasteiger partial charge in [-0.3, -0.25) is 9.88 Å². The normalized spacial score (nSPS) is 18.5. The van der Waals surface area contributed by atoms with Crippen molar-refractivity contribution in [3.05, 3.63) is 59.9 Å². The Morgan fingerprint density at radius 3 is 2.91 bits per heavy atom. The summed E-state index contributed by atoms with van der Waals surface area (Å²) in [7, 11) is 1.74. The molecule has 1 N–H and O–H groups in total. The van der Waals surface area contributed by atoms with Crippen molar-refractivity contribution < 1.29 is 4.74 Å². The molecule has 4 nitrogen and oxygen atoms in total. The topological polar surface area (TPSA) is 37.4 Å². The maximum atomic E-state index is 5.53. The minimum atomic E-state index is 0. The monoisotopic (exact) mass is 319 g/mol. The van der Waals surface area contributed by atoms with Crippen LogP contribution in [0, 0.1) is 0 Å². The fraction of sp³-hybridized carbons (Fsp3) is 0.353. The van der Waals surface area contributed by atoms with Crippen LogP contribution in [0.2, 0.25) is 0 Å². The molecule has 1 unspecified atom stereocenters. The van der Waals surface area contributed by atoms with Gasteiger partial charge in [0.1, 0.15) is 5.75 Å². The van der Waals surface area contributed by atoms with E-state index in [9.17, 15) is 0 Å². The number of hydrogen-bond donors (Lipinski definition) is 1. The molecular formula is C17H22ClN3O. The molecule has 5 heteroatoms. The molecule has 1 aromatic heterocycles. The fourth-order valence-electron chi connectivity index (χ4n) is 2.91. The summed E-state index contributed by atoms with van der Waals surface area (Å²) in [6, 6.07) is 12.7. The number of nitrogens with zero attached hydrogens (tertiary/aromatic N) is 2. The molecule has 1 aliphatic rings. The highest BCUT2D eigenvalue weighted by Crippen LogP contribution is 2.30. The number of piperazine rings is 1. The van der Waals surface area contributed by atoms with E-state index in [1.807, 2.05) is 30.6 Å². The number of para-hydroxylation sites is 1. The first kappa shape index (κ1) is 16.7. The number of benzene rings is 1. The first-order valence-corrected chi connectivity index (χ1v) is 7.35. The summed E-state index contributed by atoms with van der Waals surface area (Å²) >= 11 is 0. The van der Waals surface area contributed by atoms with E-state index in [2.05, 4.69) is 33.4 Å². The van der Waals surface area contributed by atoms with Crippen LogP contribution in [0.3, 0.4) is 0 Å². The van der Waals surface area contributed by atoms with Crippen LogP contribution >= 0.6 is 12.4 Å². The Bertz CT molecular complexity index is 579. The Hall–Kier alpha value is -1.62. The Morgan fingerprint density at radius 1 is 1.27 bits per heavy atom. The Morgan fingerprint density at radius 2 is 2.14 bits per heavy atom. The van der Waals surface area contributed by atoms with Crippen LogP contribution in [0.25, 0.3) is 0 Å². The molecule has 1 aromatic carbocycles. The molecule has 0 radical (unpaired) electrons. The molecule has 0 saturated carbocycles. The molecule has 2 aromatic rings. The third-order valence-electron chi connectivity index (χ3n) is 3.96. The second kappa shape index (κ2) is 8.13. The summed E-state index contributed by atoms with van der Waals surface area (Å²) in [5, 5.41) is 3.49. The number of aromatic nitrogens is 1. The highest BCUT2D eigenvalue weighted by molar-refractivity contribution is 5.85. The third kappa shape index (κ3) is 3.77. The van der Waals surface area contributed by atoms with Crippen LogP contribution in [0.1, 0.15) is 17.2 Å². The van der Waals surface area contributed by atoms with Crippen LogP contribution in [0.5, 0.6) is 5.75 Å². The second-order valence-electron chi connectivity index (χ2n) is 5.29. The molecule has 1 atom stereocenters. The zero-order chi connectivity index (χ0) is 14.5. The van der Waals surface area contributed by atoms with E-state index in [1.165, 1.54) is 11.1 Å². The van der Waals surface area contributed by atoms with Crippen molar-refractivity contribution >= 4 is 12.4 Å². The van der Waals surface area contributed by atoms with E-state index < -0.39 is 0 Å².